The van der Waals surface area contributed by atoms with Crippen molar-refractivity contribution in [3.63, 3.8) is 0 Å². The van der Waals surface area contributed by atoms with Gasteiger partial charge in [0.15, 0.2) is 0 Å². The Morgan fingerprint density at radius 1 is 1.67 bits per heavy atom. The molecule has 0 aromatic carbocycles. The smallest absolute Gasteiger partial charge is 0.227 e. The minimum absolute atomic E-state index is 0. The van der Waals surface area contributed by atoms with Gasteiger partial charge in [-0.1, -0.05) is 6.92 Å². The Hall–Kier alpha value is -0.320. The normalized spacial score (nSPS) is 23.1. The van der Waals surface area contributed by atoms with Crippen molar-refractivity contribution in [2.75, 3.05) is 33.4 Å². The standard InChI is InChI=1S/C10H20N2O2.ClH/c1-8(7-14-3)10(13)12-5-4-11-9(2)6-12;/h8-9,11H,4-7H2,1-3H3;1H/t8?,9-;/m1./s1. The molecular weight excluding hydrogens is 216 g/mol. The van der Waals surface area contributed by atoms with Crippen molar-refractivity contribution in [2.24, 2.45) is 5.92 Å². The van der Waals surface area contributed by atoms with Gasteiger partial charge in [0, 0.05) is 32.8 Å². The summed E-state index contributed by atoms with van der Waals surface area (Å²) in [4.78, 5) is 13.8. The third-order valence-corrected chi connectivity index (χ3v) is 2.52. The molecule has 1 saturated heterocycles. The highest BCUT2D eigenvalue weighted by atomic mass is 35.5. The van der Waals surface area contributed by atoms with Crippen molar-refractivity contribution in [2.45, 2.75) is 19.9 Å². The molecule has 1 aliphatic heterocycles. The summed E-state index contributed by atoms with van der Waals surface area (Å²) in [5.41, 5.74) is 0. The van der Waals surface area contributed by atoms with E-state index in [4.69, 9.17) is 4.74 Å². The average molecular weight is 237 g/mol. The Balaban J connectivity index is 0.00000196. The lowest BCUT2D eigenvalue weighted by Crippen LogP contribution is -2.52. The van der Waals surface area contributed by atoms with Crippen LogP contribution in [0.3, 0.4) is 0 Å². The van der Waals surface area contributed by atoms with Gasteiger partial charge in [0.05, 0.1) is 12.5 Å². The van der Waals surface area contributed by atoms with Crippen LogP contribution < -0.4 is 5.32 Å². The number of hydrogen-bond donors (Lipinski definition) is 1. The van der Waals surface area contributed by atoms with E-state index in [1.807, 2.05) is 11.8 Å². The van der Waals surface area contributed by atoms with Gasteiger partial charge in [-0.3, -0.25) is 4.79 Å². The molecule has 90 valence electrons. The first-order chi connectivity index (χ1) is 6.65. The molecule has 1 rings (SSSR count). The monoisotopic (exact) mass is 236 g/mol. The highest BCUT2D eigenvalue weighted by molar-refractivity contribution is 5.85. The molecule has 1 unspecified atom stereocenters. The fraction of sp³-hybridized carbons (Fsp3) is 0.900. The molecular formula is C10H21ClN2O2. The molecule has 0 aromatic heterocycles. The van der Waals surface area contributed by atoms with Gasteiger partial charge < -0.3 is 15.0 Å². The lowest BCUT2D eigenvalue weighted by molar-refractivity contribution is -0.137. The van der Waals surface area contributed by atoms with Gasteiger partial charge >= 0.3 is 0 Å². The zero-order valence-corrected chi connectivity index (χ0v) is 10.5. The molecule has 1 fully saturated rings. The Bertz CT molecular complexity index is 202. The molecule has 0 bridgehead atoms. The first-order valence-corrected chi connectivity index (χ1v) is 5.16. The maximum atomic E-state index is 11.9. The van der Waals surface area contributed by atoms with Crippen molar-refractivity contribution in [3.8, 4) is 0 Å². The Morgan fingerprint density at radius 3 is 2.87 bits per heavy atom. The third kappa shape index (κ3) is 4.36. The Labute approximate surface area is 97.8 Å². The van der Waals surface area contributed by atoms with Gasteiger partial charge in [0.2, 0.25) is 5.91 Å². The molecule has 0 aliphatic carbocycles. The molecule has 1 heterocycles. The van der Waals surface area contributed by atoms with Crippen LogP contribution in [-0.4, -0.2) is 50.2 Å². The zero-order chi connectivity index (χ0) is 10.6. The summed E-state index contributed by atoms with van der Waals surface area (Å²) < 4.78 is 4.98. The van der Waals surface area contributed by atoms with Crippen LogP contribution in [-0.2, 0) is 9.53 Å². The first kappa shape index (κ1) is 14.7. The fourth-order valence-corrected chi connectivity index (χ4v) is 1.77. The van der Waals surface area contributed by atoms with E-state index in [0.717, 1.165) is 19.6 Å². The van der Waals surface area contributed by atoms with Gasteiger partial charge in [-0.05, 0) is 6.92 Å². The number of ether oxygens (including phenoxy) is 1. The lowest BCUT2D eigenvalue weighted by Gasteiger charge is -2.33. The van der Waals surface area contributed by atoms with Gasteiger partial charge in [-0.2, -0.15) is 0 Å². The van der Waals surface area contributed by atoms with Crippen molar-refractivity contribution in [3.05, 3.63) is 0 Å². The first-order valence-electron chi connectivity index (χ1n) is 5.16. The quantitative estimate of drug-likeness (QED) is 0.777. The third-order valence-electron chi connectivity index (χ3n) is 2.52. The van der Waals surface area contributed by atoms with Crippen molar-refractivity contribution < 1.29 is 9.53 Å². The summed E-state index contributed by atoms with van der Waals surface area (Å²) in [6.07, 6.45) is 0. The molecule has 15 heavy (non-hydrogen) atoms. The predicted molar refractivity (Wildman–Crippen MR) is 62.3 cm³/mol. The van der Waals surface area contributed by atoms with Crippen LogP contribution in [0.1, 0.15) is 13.8 Å². The van der Waals surface area contributed by atoms with Gasteiger partial charge in [-0.25, -0.2) is 0 Å². The molecule has 0 spiro atoms. The minimum atomic E-state index is -0.0229. The number of rotatable bonds is 3. The maximum absolute atomic E-state index is 11.9. The minimum Gasteiger partial charge on any atom is -0.384 e. The molecule has 2 atom stereocenters. The number of carbonyl (C=O) groups is 1. The van der Waals surface area contributed by atoms with E-state index in [9.17, 15) is 4.79 Å². The van der Waals surface area contributed by atoms with Crippen molar-refractivity contribution >= 4 is 18.3 Å². The Kier molecular flexibility index (Phi) is 6.89. The van der Waals surface area contributed by atoms with E-state index in [1.54, 1.807) is 7.11 Å². The number of hydrogen-bond acceptors (Lipinski definition) is 3. The van der Waals surface area contributed by atoms with Crippen LogP contribution in [0, 0.1) is 5.92 Å². The number of nitrogens with zero attached hydrogens (tertiary/aromatic N) is 1. The number of piperazine rings is 1. The van der Waals surface area contributed by atoms with Crippen LogP contribution >= 0.6 is 12.4 Å². The molecule has 1 aliphatic rings. The lowest BCUT2D eigenvalue weighted by atomic mass is 10.1. The van der Waals surface area contributed by atoms with Crippen LogP contribution in [0.15, 0.2) is 0 Å². The summed E-state index contributed by atoms with van der Waals surface area (Å²) >= 11 is 0. The molecule has 0 radical (unpaired) electrons. The van der Waals surface area contributed by atoms with E-state index in [0.29, 0.717) is 12.6 Å². The summed E-state index contributed by atoms with van der Waals surface area (Å²) in [6, 6.07) is 0.405. The topological polar surface area (TPSA) is 41.6 Å². The van der Waals surface area contributed by atoms with Gasteiger partial charge in [0.25, 0.3) is 0 Å². The second kappa shape index (κ2) is 7.04. The number of nitrogens with one attached hydrogen (secondary N) is 1. The summed E-state index contributed by atoms with van der Waals surface area (Å²) in [5, 5.41) is 3.31. The predicted octanol–water partition coefficient (Wildman–Crippen LogP) is 0.511. The van der Waals surface area contributed by atoms with E-state index in [-0.39, 0.29) is 24.2 Å². The second-order valence-corrected chi connectivity index (χ2v) is 4.00. The molecule has 1 N–H and O–H groups in total. The van der Waals surface area contributed by atoms with Crippen LogP contribution in [0.5, 0.6) is 0 Å². The van der Waals surface area contributed by atoms with Crippen molar-refractivity contribution in [1.82, 2.24) is 10.2 Å². The summed E-state index contributed by atoms with van der Waals surface area (Å²) in [7, 11) is 1.63. The molecule has 5 heteroatoms. The van der Waals surface area contributed by atoms with E-state index in [2.05, 4.69) is 12.2 Å². The average Bonchev–Trinajstić information content (AvgIpc) is 2.17. The number of methoxy groups -OCH3 is 1. The van der Waals surface area contributed by atoms with Crippen molar-refractivity contribution in [1.29, 1.82) is 0 Å². The largest absolute Gasteiger partial charge is 0.384 e. The Morgan fingerprint density at radius 2 is 2.33 bits per heavy atom. The van der Waals surface area contributed by atoms with Gasteiger partial charge in [-0.15, -0.1) is 12.4 Å². The zero-order valence-electron chi connectivity index (χ0n) is 9.66. The SMILES string of the molecule is COCC(C)C(=O)N1CCN[C@H](C)C1.Cl. The van der Waals surface area contributed by atoms with Crippen LogP contribution in [0.4, 0.5) is 0 Å². The summed E-state index contributed by atoms with van der Waals surface area (Å²) in [5.74, 6) is 0.186. The number of halogens is 1. The second-order valence-electron chi connectivity index (χ2n) is 4.00. The summed E-state index contributed by atoms with van der Waals surface area (Å²) in [6.45, 7) is 7.05. The maximum Gasteiger partial charge on any atom is 0.227 e. The van der Waals surface area contributed by atoms with Crippen LogP contribution in [0.25, 0.3) is 0 Å². The molecule has 0 aromatic rings. The van der Waals surface area contributed by atoms with E-state index >= 15 is 0 Å². The highest BCUT2D eigenvalue weighted by Crippen LogP contribution is 2.06. The molecule has 4 nitrogen and oxygen atoms in total. The van der Waals surface area contributed by atoms with E-state index in [1.165, 1.54) is 0 Å². The van der Waals surface area contributed by atoms with Gasteiger partial charge in [0.1, 0.15) is 0 Å². The van der Waals surface area contributed by atoms with E-state index < -0.39 is 0 Å². The molecule has 1 amide bonds. The number of amides is 1. The highest BCUT2D eigenvalue weighted by Gasteiger charge is 2.24. The fourth-order valence-electron chi connectivity index (χ4n) is 1.77. The number of carbonyl (C=O) groups excluding carboxylic acids is 1. The molecule has 0 saturated carbocycles. The van der Waals surface area contributed by atoms with Crippen LogP contribution in [0.2, 0.25) is 0 Å².